The van der Waals surface area contributed by atoms with E-state index in [4.69, 9.17) is 9.15 Å². The standard InChI is InChI=1S/C19H16BrNO4/c1-2-14-11-24-18(21-14)15-10-13(20)8-9-16(15)25-17(19(22)23)12-6-4-3-5-7-12/h3-11,17H,2H2,1H3,(H,22,23). The average Bonchev–Trinajstić information content (AvgIpc) is 3.10. The Labute approximate surface area is 153 Å². The molecule has 0 bridgehead atoms. The molecule has 0 saturated heterocycles. The van der Waals surface area contributed by atoms with Gasteiger partial charge in [0.1, 0.15) is 12.0 Å². The second kappa shape index (κ2) is 7.53. The smallest absolute Gasteiger partial charge is 0.349 e. The van der Waals surface area contributed by atoms with Gasteiger partial charge >= 0.3 is 5.97 Å². The highest BCUT2D eigenvalue weighted by Gasteiger charge is 2.24. The molecule has 0 radical (unpaired) electrons. The molecular formula is C19H16BrNO4. The van der Waals surface area contributed by atoms with E-state index in [1.807, 2.05) is 13.0 Å². The minimum absolute atomic E-state index is 0.393. The number of ether oxygens (including phenoxy) is 1. The van der Waals surface area contributed by atoms with Gasteiger partial charge in [-0.1, -0.05) is 53.2 Å². The lowest BCUT2D eigenvalue weighted by molar-refractivity contribution is -0.145. The van der Waals surface area contributed by atoms with Crippen LogP contribution in [0.25, 0.3) is 11.5 Å². The first-order valence-corrected chi connectivity index (χ1v) is 8.56. The maximum absolute atomic E-state index is 11.7. The van der Waals surface area contributed by atoms with Crippen molar-refractivity contribution in [2.24, 2.45) is 0 Å². The number of hydrogen-bond acceptors (Lipinski definition) is 4. The normalized spacial score (nSPS) is 11.9. The van der Waals surface area contributed by atoms with Crippen LogP contribution in [0.4, 0.5) is 0 Å². The van der Waals surface area contributed by atoms with Crippen molar-refractivity contribution in [1.82, 2.24) is 4.98 Å². The summed E-state index contributed by atoms with van der Waals surface area (Å²) in [5.41, 5.74) is 1.97. The van der Waals surface area contributed by atoms with Crippen molar-refractivity contribution in [2.75, 3.05) is 0 Å². The number of rotatable bonds is 6. The molecule has 5 nitrogen and oxygen atoms in total. The van der Waals surface area contributed by atoms with E-state index in [1.165, 1.54) is 0 Å². The summed E-state index contributed by atoms with van der Waals surface area (Å²) in [5.74, 6) is -0.281. The molecule has 3 aromatic rings. The van der Waals surface area contributed by atoms with Gasteiger partial charge < -0.3 is 14.3 Å². The van der Waals surface area contributed by atoms with Crippen LogP contribution >= 0.6 is 15.9 Å². The van der Waals surface area contributed by atoms with E-state index in [-0.39, 0.29) is 0 Å². The molecule has 0 aliphatic carbocycles. The molecule has 1 aromatic heterocycles. The predicted molar refractivity (Wildman–Crippen MR) is 96.5 cm³/mol. The van der Waals surface area contributed by atoms with Crippen molar-refractivity contribution in [2.45, 2.75) is 19.4 Å². The van der Waals surface area contributed by atoms with Crippen LogP contribution in [0.5, 0.6) is 5.75 Å². The number of oxazole rings is 1. The highest BCUT2D eigenvalue weighted by molar-refractivity contribution is 9.10. The Balaban J connectivity index is 2.00. The zero-order valence-corrected chi connectivity index (χ0v) is 15.1. The number of aryl methyl sites for hydroxylation is 1. The van der Waals surface area contributed by atoms with Crippen molar-refractivity contribution < 1.29 is 19.1 Å². The summed E-state index contributed by atoms with van der Waals surface area (Å²) in [6, 6.07) is 14.1. The van der Waals surface area contributed by atoms with Gasteiger partial charge in [0.2, 0.25) is 12.0 Å². The van der Waals surface area contributed by atoms with E-state index in [0.717, 1.165) is 16.6 Å². The van der Waals surface area contributed by atoms with Gasteiger partial charge in [-0.25, -0.2) is 9.78 Å². The maximum Gasteiger partial charge on any atom is 0.349 e. The summed E-state index contributed by atoms with van der Waals surface area (Å²) >= 11 is 3.42. The third-order valence-corrected chi connectivity index (χ3v) is 4.15. The summed E-state index contributed by atoms with van der Waals surface area (Å²) < 4.78 is 12.2. The number of nitrogens with zero attached hydrogens (tertiary/aromatic N) is 1. The molecule has 25 heavy (non-hydrogen) atoms. The monoisotopic (exact) mass is 401 g/mol. The quantitative estimate of drug-likeness (QED) is 0.637. The number of aromatic nitrogens is 1. The van der Waals surface area contributed by atoms with Gasteiger partial charge in [0.05, 0.1) is 11.3 Å². The Hall–Kier alpha value is -2.60. The summed E-state index contributed by atoms with van der Waals surface area (Å²) in [6.07, 6.45) is 1.21. The summed E-state index contributed by atoms with van der Waals surface area (Å²) in [6.45, 7) is 1.98. The van der Waals surface area contributed by atoms with E-state index in [2.05, 4.69) is 20.9 Å². The van der Waals surface area contributed by atoms with Gasteiger partial charge in [0, 0.05) is 10.0 Å². The first-order chi connectivity index (χ1) is 12.1. The van der Waals surface area contributed by atoms with Crippen LogP contribution in [0.3, 0.4) is 0 Å². The maximum atomic E-state index is 11.7. The van der Waals surface area contributed by atoms with Crippen molar-refractivity contribution in [3.8, 4) is 17.2 Å². The molecular weight excluding hydrogens is 386 g/mol. The molecule has 1 unspecified atom stereocenters. The molecule has 0 amide bonds. The fraction of sp³-hybridized carbons (Fsp3) is 0.158. The van der Waals surface area contributed by atoms with Crippen LogP contribution in [-0.2, 0) is 11.2 Å². The molecule has 6 heteroatoms. The van der Waals surface area contributed by atoms with Gasteiger partial charge in [-0.2, -0.15) is 0 Å². The highest BCUT2D eigenvalue weighted by Crippen LogP contribution is 2.35. The predicted octanol–water partition coefficient (Wildman–Crippen LogP) is 4.87. The summed E-state index contributed by atoms with van der Waals surface area (Å²) in [5, 5.41) is 9.57. The second-order valence-electron chi connectivity index (χ2n) is 5.38. The third kappa shape index (κ3) is 3.91. The fourth-order valence-corrected chi connectivity index (χ4v) is 2.74. The Kier molecular flexibility index (Phi) is 5.19. The molecule has 1 N–H and O–H groups in total. The van der Waals surface area contributed by atoms with Crippen LogP contribution in [0.15, 0.2) is 63.7 Å². The van der Waals surface area contributed by atoms with Crippen LogP contribution in [0.1, 0.15) is 24.3 Å². The number of carboxylic acid groups (broad SMARTS) is 1. The van der Waals surface area contributed by atoms with Gasteiger partial charge in [-0.05, 0) is 24.6 Å². The van der Waals surface area contributed by atoms with E-state index in [0.29, 0.717) is 22.8 Å². The fourth-order valence-electron chi connectivity index (χ4n) is 2.38. The van der Waals surface area contributed by atoms with Crippen molar-refractivity contribution in [1.29, 1.82) is 0 Å². The molecule has 3 rings (SSSR count). The Morgan fingerprint density at radius 3 is 2.68 bits per heavy atom. The number of hydrogen-bond donors (Lipinski definition) is 1. The lowest BCUT2D eigenvalue weighted by atomic mass is 10.1. The molecule has 0 aliphatic heterocycles. The summed E-state index contributed by atoms with van der Waals surface area (Å²) in [7, 11) is 0. The highest BCUT2D eigenvalue weighted by atomic mass is 79.9. The van der Waals surface area contributed by atoms with Gasteiger partial charge in [0.15, 0.2) is 0 Å². The molecule has 1 atom stereocenters. The molecule has 0 saturated carbocycles. The minimum atomic E-state index is -1.12. The zero-order chi connectivity index (χ0) is 17.8. The largest absolute Gasteiger partial charge is 0.478 e. The number of carboxylic acids is 1. The Bertz CT molecular complexity index is 876. The van der Waals surface area contributed by atoms with Gasteiger partial charge in [-0.15, -0.1) is 0 Å². The topological polar surface area (TPSA) is 72.6 Å². The summed E-state index contributed by atoms with van der Waals surface area (Å²) in [4.78, 5) is 16.1. The average molecular weight is 402 g/mol. The van der Waals surface area contributed by atoms with Crippen molar-refractivity contribution in [3.63, 3.8) is 0 Å². The zero-order valence-electron chi connectivity index (χ0n) is 13.5. The minimum Gasteiger partial charge on any atom is -0.478 e. The molecule has 0 spiro atoms. The van der Waals surface area contributed by atoms with E-state index >= 15 is 0 Å². The van der Waals surface area contributed by atoms with Crippen LogP contribution in [0.2, 0.25) is 0 Å². The second-order valence-corrected chi connectivity index (χ2v) is 6.30. The first-order valence-electron chi connectivity index (χ1n) is 7.77. The number of halogens is 1. The van der Waals surface area contributed by atoms with E-state index < -0.39 is 12.1 Å². The first kappa shape index (κ1) is 17.2. The lowest BCUT2D eigenvalue weighted by Gasteiger charge is -2.17. The molecule has 1 heterocycles. The lowest BCUT2D eigenvalue weighted by Crippen LogP contribution is -2.18. The third-order valence-electron chi connectivity index (χ3n) is 3.66. The van der Waals surface area contributed by atoms with E-state index in [1.54, 1.807) is 48.7 Å². The molecule has 2 aromatic carbocycles. The van der Waals surface area contributed by atoms with Gasteiger partial charge in [-0.3, -0.25) is 0 Å². The number of benzene rings is 2. The molecule has 128 valence electrons. The number of aliphatic carboxylic acids is 1. The van der Waals surface area contributed by atoms with Crippen molar-refractivity contribution in [3.05, 3.63) is 70.5 Å². The number of carbonyl (C=O) groups is 1. The van der Waals surface area contributed by atoms with Gasteiger partial charge in [0.25, 0.3) is 0 Å². The van der Waals surface area contributed by atoms with Crippen LogP contribution in [0, 0.1) is 0 Å². The van der Waals surface area contributed by atoms with Crippen LogP contribution < -0.4 is 4.74 Å². The van der Waals surface area contributed by atoms with Crippen molar-refractivity contribution >= 4 is 21.9 Å². The molecule has 0 fully saturated rings. The van der Waals surface area contributed by atoms with E-state index in [9.17, 15) is 9.90 Å². The van der Waals surface area contributed by atoms with Crippen LogP contribution in [-0.4, -0.2) is 16.1 Å². The Morgan fingerprint density at radius 1 is 1.28 bits per heavy atom. The SMILES string of the molecule is CCc1coc(-c2cc(Br)ccc2OC(C(=O)O)c2ccccc2)n1. The molecule has 0 aliphatic rings. The Morgan fingerprint density at radius 2 is 2.04 bits per heavy atom.